The third kappa shape index (κ3) is 3.51. The predicted molar refractivity (Wildman–Crippen MR) is 99.2 cm³/mol. The first kappa shape index (κ1) is 17.4. The van der Waals surface area contributed by atoms with Gasteiger partial charge in [0.25, 0.3) is 0 Å². The number of hydrogen-bond acceptors (Lipinski definition) is 4. The number of hydrogen-bond donors (Lipinski definition) is 2. The number of amides is 1. The van der Waals surface area contributed by atoms with Gasteiger partial charge in [-0.2, -0.15) is 5.10 Å². The summed E-state index contributed by atoms with van der Waals surface area (Å²) in [5.74, 6) is 0.861. The summed E-state index contributed by atoms with van der Waals surface area (Å²) in [5.41, 5.74) is 4.07. The van der Waals surface area contributed by atoms with E-state index in [1.54, 1.807) is 6.26 Å². The first-order valence-electron chi connectivity index (χ1n) is 8.38. The van der Waals surface area contributed by atoms with Gasteiger partial charge in [-0.05, 0) is 37.2 Å². The summed E-state index contributed by atoms with van der Waals surface area (Å²) in [4.78, 5) is 12.3. The van der Waals surface area contributed by atoms with E-state index < -0.39 is 0 Å². The Kier molecular flexibility index (Phi) is 5.03. The molecule has 0 saturated carbocycles. The predicted octanol–water partition coefficient (Wildman–Crippen LogP) is 3.23. The van der Waals surface area contributed by atoms with Gasteiger partial charge in [0.1, 0.15) is 11.4 Å². The average molecular weight is 358 g/mol. The molecule has 0 aliphatic carbocycles. The van der Waals surface area contributed by atoms with Crippen molar-refractivity contribution in [2.24, 2.45) is 0 Å². The van der Waals surface area contributed by atoms with Crippen molar-refractivity contribution in [2.45, 2.75) is 40.2 Å². The Morgan fingerprint density at radius 1 is 1.40 bits per heavy atom. The van der Waals surface area contributed by atoms with Crippen molar-refractivity contribution in [3.63, 3.8) is 0 Å². The van der Waals surface area contributed by atoms with Crippen LogP contribution in [0.4, 0.5) is 0 Å². The highest BCUT2D eigenvalue weighted by Gasteiger charge is 2.13. The van der Waals surface area contributed by atoms with E-state index in [0.717, 1.165) is 34.3 Å². The van der Waals surface area contributed by atoms with Gasteiger partial charge in [0.15, 0.2) is 4.77 Å². The maximum atomic E-state index is 12.3. The van der Waals surface area contributed by atoms with Crippen molar-refractivity contribution in [1.82, 2.24) is 20.1 Å². The summed E-state index contributed by atoms with van der Waals surface area (Å²) in [6, 6.07) is 4.07. The fraction of sp³-hybridized carbons (Fsp3) is 0.389. The summed E-state index contributed by atoms with van der Waals surface area (Å²) in [5, 5.41) is 10.9. The number of aromatic nitrogens is 3. The van der Waals surface area contributed by atoms with Gasteiger partial charge in [-0.1, -0.05) is 19.1 Å². The number of H-pyrrole nitrogens is 1. The van der Waals surface area contributed by atoms with Crippen molar-refractivity contribution in [3.8, 4) is 0 Å². The fourth-order valence-corrected chi connectivity index (χ4v) is 3.16. The van der Waals surface area contributed by atoms with E-state index in [2.05, 4.69) is 28.5 Å². The average Bonchev–Trinajstić information content (AvgIpc) is 3.15. The van der Waals surface area contributed by atoms with Gasteiger partial charge in [0.2, 0.25) is 5.91 Å². The normalized spacial score (nSPS) is 11.2. The van der Waals surface area contributed by atoms with Gasteiger partial charge in [-0.3, -0.25) is 9.89 Å². The molecule has 6 nitrogen and oxygen atoms in total. The van der Waals surface area contributed by atoms with E-state index >= 15 is 0 Å². The SMILES string of the molecule is CCc1n[nH]c(=S)n1CCNC(=O)Cc1coc2c(C)c(C)ccc12. The lowest BCUT2D eigenvalue weighted by Gasteiger charge is -2.07. The van der Waals surface area contributed by atoms with Gasteiger partial charge in [0.05, 0.1) is 12.7 Å². The van der Waals surface area contributed by atoms with E-state index in [1.165, 1.54) is 5.56 Å². The number of carbonyl (C=O) groups is 1. The summed E-state index contributed by atoms with van der Waals surface area (Å²) in [6.07, 6.45) is 2.77. The molecule has 3 aromatic rings. The molecule has 1 amide bonds. The van der Waals surface area contributed by atoms with Crippen molar-refractivity contribution in [2.75, 3.05) is 6.54 Å². The lowest BCUT2D eigenvalue weighted by Crippen LogP contribution is -2.29. The Hall–Kier alpha value is -2.41. The Labute approximate surface area is 151 Å². The van der Waals surface area contributed by atoms with Gasteiger partial charge >= 0.3 is 0 Å². The van der Waals surface area contributed by atoms with Crippen molar-refractivity contribution < 1.29 is 9.21 Å². The second-order valence-electron chi connectivity index (χ2n) is 6.12. The van der Waals surface area contributed by atoms with Crippen LogP contribution in [0.3, 0.4) is 0 Å². The lowest BCUT2D eigenvalue weighted by molar-refractivity contribution is -0.120. The molecule has 0 saturated heterocycles. The van der Waals surface area contributed by atoms with Crippen LogP contribution in [0.25, 0.3) is 11.0 Å². The summed E-state index contributed by atoms with van der Waals surface area (Å²) in [6.45, 7) is 7.22. The van der Waals surface area contributed by atoms with Crippen LogP contribution in [0.5, 0.6) is 0 Å². The minimum Gasteiger partial charge on any atom is -0.464 e. The summed E-state index contributed by atoms with van der Waals surface area (Å²) < 4.78 is 8.15. The molecule has 25 heavy (non-hydrogen) atoms. The zero-order chi connectivity index (χ0) is 18.0. The Morgan fingerprint density at radius 3 is 2.96 bits per heavy atom. The Morgan fingerprint density at radius 2 is 2.20 bits per heavy atom. The van der Waals surface area contributed by atoms with Gasteiger partial charge in [0, 0.05) is 30.5 Å². The fourth-order valence-electron chi connectivity index (χ4n) is 2.92. The molecule has 2 N–H and O–H groups in total. The van der Waals surface area contributed by atoms with Crippen molar-refractivity contribution in [1.29, 1.82) is 0 Å². The second-order valence-corrected chi connectivity index (χ2v) is 6.51. The van der Waals surface area contributed by atoms with E-state index in [0.29, 0.717) is 24.3 Å². The number of aryl methyl sites for hydroxylation is 3. The summed E-state index contributed by atoms with van der Waals surface area (Å²) in [7, 11) is 0. The molecular weight excluding hydrogens is 336 g/mol. The minimum atomic E-state index is -0.0333. The molecule has 3 rings (SSSR count). The molecule has 0 fully saturated rings. The van der Waals surface area contributed by atoms with E-state index in [1.807, 2.05) is 24.5 Å². The highest BCUT2D eigenvalue weighted by molar-refractivity contribution is 7.71. The standard InChI is InChI=1S/C18H22N4O2S/c1-4-15-20-21-18(25)22(15)8-7-19-16(23)9-13-10-24-17-12(3)11(2)5-6-14(13)17/h5-6,10H,4,7-9H2,1-3H3,(H,19,23)(H,21,25). The van der Waals surface area contributed by atoms with Crippen molar-refractivity contribution in [3.05, 3.63) is 45.7 Å². The largest absolute Gasteiger partial charge is 0.464 e. The van der Waals surface area contributed by atoms with Crippen LogP contribution in [-0.2, 0) is 24.2 Å². The first-order valence-corrected chi connectivity index (χ1v) is 8.79. The topological polar surface area (TPSA) is 75.8 Å². The number of nitrogens with zero attached hydrogens (tertiary/aromatic N) is 2. The molecule has 0 atom stereocenters. The number of nitrogens with one attached hydrogen (secondary N) is 2. The number of benzene rings is 1. The molecule has 2 aromatic heterocycles. The van der Waals surface area contributed by atoms with Crippen LogP contribution in [-0.4, -0.2) is 27.2 Å². The van der Waals surface area contributed by atoms with Crippen LogP contribution < -0.4 is 5.32 Å². The smallest absolute Gasteiger partial charge is 0.224 e. The van der Waals surface area contributed by atoms with Crippen LogP contribution in [0.1, 0.15) is 29.4 Å². The van der Waals surface area contributed by atoms with Crippen molar-refractivity contribution >= 4 is 29.1 Å². The maximum absolute atomic E-state index is 12.3. The van der Waals surface area contributed by atoms with E-state index in [4.69, 9.17) is 16.6 Å². The number of carbonyl (C=O) groups excluding carboxylic acids is 1. The Balaban J connectivity index is 1.63. The molecule has 0 aliphatic heterocycles. The van der Waals surface area contributed by atoms with E-state index in [-0.39, 0.29) is 5.91 Å². The van der Waals surface area contributed by atoms with Gasteiger partial charge < -0.3 is 14.3 Å². The van der Waals surface area contributed by atoms with E-state index in [9.17, 15) is 4.79 Å². The second kappa shape index (κ2) is 7.23. The minimum absolute atomic E-state index is 0.0333. The molecule has 0 unspecified atom stereocenters. The van der Waals surface area contributed by atoms with Gasteiger partial charge in [-0.15, -0.1) is 0 Å². The molecule has 0 aliphatic rings. The number of furan rings is 1. The number of aromatic amines is 1. The van der Waals surface area contributed by atoms with Crippen LogP contribution in [0.15, 0.2) is 22.8 Å². The van der Waals surface area contributed by atoms with Gasteiger partial charge in [-0.25, -0.2) is 0 Å². The highest BCUT2D eigenvalue weighted by atomic mass is 32.1. The molecule has 1 aromatic carbocycles. The molecular formula is C18H22N4O2S. The molecule has 0 spiro atoms. The monoisotopic (exact) mass is 358 g/mol. The third-order valence-electron chi connectivity index (χ3n) is 4.50. The van der Waals surface area contributed by atoms with Crippen LogP contribution in [0.2, 0.25) is 0 Å². The quantitative estimate of drug-likeness (QED) is 0.664. The number of fused-ring (bicyclic) bond motifs is 1. The molecule has 2 heterocycles. The maximum Gasteiger partial charge on any atom is 0.224 e. The zero-order valence-corrected chi connectivity index (χ0v) is 15.5. The molecule has 132 valence electrons. The molecule has 0 radical (unpaired) electrons. The van der Waals surface area contributed by atoms with Crippen LogP contribution in [0, 0.1) is 18.6 Å². The third-order valence-corrected chi connectivity index (χ3v) is 4.82. The molecule has 7 heteroatoms. The lowest BCUT2D eigenvalue weighted by atomic mass is 10.0. The Bertz CT molecular complexity index is 967. The first-order chi connectivity index (χ1) is 12.0. The summed E-state index contributed by atoms with van der Waals surface area (Å²) >= 11 is 5.21. The zero-order valence-electron chi connectivity index (χ0n) is 14.7. The number of rotatable bonds is 6. The highest BCUT2D eigenvalue weighted by Crippen LogP contribution is 2.26. The molecule has 0 bridgehead atoms. The van der Waals surface area contributed by atoms with Crippen LogP contribution >= 0.6 is 12.2 Å².